The highest BCUT2D eigenvalue weighted by Gasteiger charge is 2.41. The highest BCUT2D eigenvalue weighted by molar-refractivity contribution is 6.32. The topological polar surface area (TPSA) is 46.9 Å². The smallest absolute Gasteiger partial charge is 0.356 e. The molecule has 1 saturated carbocycles. The number of aromatic nitrogens is 2. The first-order valence-electron chi connectivity index (χ1n) is 8.50. The number of nitrogens with zero attached hydrogens (tertiary/aromatic N) is 2. The number of hydrogen-bond acceptors (Lipinski definition) is 2. The number of rotatable bonds is 7. The van der Waals surface area contributed by atoms with Gasteiger partial charge in [0.2, 0.25) is 5.91 Å². The maximum atomic E-state index is 13.0. The fourth-order valence-electron chi connectivity index (χ4n) is 2.85. The van der Waals surface area contributed by atoms with E-state index in [2.05, 4.69) is 10.4 Å². The fourth-order valence-corrected chi connectivity index (χ4v) is 3.25. The summed E-state index contributed by atoms with van der Waals surface area (Å²) in [5, 5.41) is 6.17. The Morgan fingerprint density at radius 1 is 1.27 bits per heavy atom. The molecule has 1 aromatic heterocycles. The Morgan fingerprint density at radius 2 is 1.96 bits per heavy atom. The van der Waals surface area contributed by atoms with E-state index < -0.39 is 11.9 Å². The molecule has 3 rings (SSSR count). The number of hydrogen-bond donors (Lipinski definition) is 1. The van der Waals surface area contributed by atoms with Crippen molar-refractivity contribution in [3.8, 4) is 0 Å². The first-order chi connectivity index (χ1) is 12.4. The van der Waals surface area contributed by atoms with Gasteiger partial charge in [0.05, 0.1) is 17.1 Å². The lowest BCUT2D eigenvalue weighted by molar-refractivity contribution is -0.141. The van der Waals surface area contributed by atoms with Crippen LogP contribution in [0.4, 0.5) is 13.2 Å². The minimum atomic E-state index is -4.56. The number of carbonyl (C=O) groups excluding carboxylic acids is 1. The van der Waals surface area contributed by atoms with Crippen LogP contribution in [0.1, 0.15) is 42.1 Å². The van der Waals surface area contributed by atoms with E-state index in [1.165, 1.54) is 4.68 Å². The van der Waals surface area contributed by atoms with E-state index in [9.17, 15) is 18.0 Å². The van der Waals surface area contributed by atoms with Crippen molar-refractivity contribution >= 4 is 17.5 Å². The van der Waals surface area contributed by atoms with Crippen molar-refractivity contribution in [1.29, 1.82) is 0 Å². The SMILES string of the molecule is O=C(Cc1ccccc1)NCCCn1nc(C(F)(F)F)c(Cl)c1C1CC1. The molecule has 2 aromatic rings. The summed E-state index contributed by atoms with van der Waals surface area (Å²) in [5.41, 5.74) is 0.360. The number of aryl methyl sites for hydroxylation is 1. The number of benzene rings is 1. The lowest BCUT2D eigenvalue weighted by Crippen LogP contribution is -2.27. The average Bonchev–Trinajstić information content (AvgIpc) is 3.35. The third-order valence-electron chi connectivity index (χ3n) is 4.24. The second-order valence-electron chi connectivity index (χ2n) is 6.41. The molecule has 0 saturated heterocycles. The number of carbonyl (C=O) groups is 1. The van der Waals surface area contributed by atoms with E-state index in [4.69, 9.17) is 11.6 Å². The van der Waals surface area contributed by atoms with Crippen molar-refractivity contribution in [3.63, 3.8) is 0 Å². The number of halogens is 4. The van der Waals surface area contributed by atoms with Crippen molar-refractivity contribution in [2.45, 2.75) is 44.3 Å². The monoisotopic (exact) mass is 385 g/mol. The molecular weight excluding hydrogens is 367 g/mol. The second-order valence-corrected chi connectivity index (χ2v) is 6.79. The van der Waals surface area contributed by atoms with Gasteiger partial charge in [0, 0.05) is 19.0 Å². The van der Waals surface area contributed by atoms with Crippen LogP contribution < -0.4 is 5.32 Å². The molecular formula is C18H19ClF3N3O. The summed E-state index contributed by atoms with van der Waals surface area (Å²) in [6.45, 7) is 0.655. The minimum Gasteiger partial charge on any atom is -0.356 e. The molecule has 0 aliphatic heterocycles. The van der Waals surface area contributed by atoms with Crippen molar-refractivity contribution in [2.75, 3.05) is 6.54 Å². The zero-order valence-electron chi connectivity index (χ0n) is 14.0. The Balaban J connectivity index is 1.54. The summed E-state index contributed by atoms with van der Waals surface area (Å²) in [6.07, 6.45) is -2.14. The van der Waals surface area contributed by atoms with E-state index >= 15 is 0 Å². The van der Waals surface area contributed by atoms with Crippen LogP contribution in [0.2, 0.25) is 5.02 Å². The largest absolute Gasteiger partial charge is 0.436 e. The zero-order valence-corrected chi connectivity index (χ0v) is 14.8. The summed E-state index contributed by atoms with van der Waals surface area (Å²) >= 11 is 5.93. The predicted octanol–water partition coefficient (Wildman–Crippen LogP) is 4.18. The van der Waals surface area contributed by atoms with Gasteiger partial charge in [-0.25, -0.2) is 0 Å². The van der Waals surface area contributed by atoms with Gasteiger partial charge < -0.3 is 5.32 Å². The minimum absolute atomic E-state index is 0.0544. The maximum Gasteiger partial charge on any atom is 0.436 e. The predicted molar refractivity (Wildman–Crippen MR) is 92.0 cm³/mol. The van der Waals surface area contributed by atoms with Crippen molar-refractivity contribution in [3.05, 3.63) is 52.3 Å². The Hall–Kier alpha value is -2.02. The molecule has 1 amide bonds. The molecule has 1 aromatic carbocycles. The molecule has 26 heavy (non-hydrogen) atoms. The molecule has 8 heteroatoms. The van der Waals surface area contributed by atoms with Crippen molar-refractivity contribution in [2.24, 2.45) is 0 Å². The van der Waals surface area contributed by atoms with Crippen LogP contribution in [-0.2, 0) is 23.9 Å². The van der Waals surface area contributed by atoms with Crippen LogP contribution in [0, 0.1) is 0 Å². The molecule has 1 N–H and O–H groups in total. The van der Waals surface area contributed by atoms with Gasteiger partial charge in [-0.2, -0.15) is 18.3 Å². The highest BCUT2D eigenvalue weighted by Crippen LogP contribution is 2.46. The molecule has 0 spiro atoms. The molecule has 140 valence electrons. The van der Waals surface area contributed by atoms with Crippen LogP contribution in [-0.4, -0.2) is 22.2 Å². The number of amides is 1. The quantitative estimate of drug-likeness (QED) is 0.727. The normalized spacial score (nSPS) is 14.5. The van der Waals surface area contributed by atoms with Gasteiger partial charge in [0.25, 0.3) is 0 Å². The van der Waals surface area contributed by atoms with Crippen LogP contribution in [0.5, 0.6) is 0 Å². The molecule has 0 radical (unpaired) electrons. The second kappa shape index (κ2) is 7.70. The van der Waals surface area contributed by atoms with E-state index in [0.717, 1.165) is 18.4 Å². The first-order valence-corrected chi connectivity index (χ1v) is 8.88. The lowest BCUT2D eigenvalue weighted by atomic mass is 10.1. The molecule has 1 aliphatic rings. The third-order valence-corrected chi connectivity index (χ3v) is 4.61. The molecule has 0 unspecified atom stereocenters. The first kappa shape index (κ1) is 18.8. The molecule has 1 heterocycles. The van der Waals surface area contributed by atoms with E-state index in [0.29, 0.717) is 18.7 Å². The Kier molecular flexibility index (Phi) is 5.55. The summed E-state index contributed by atoms with van der Waals surface area (Å²) < 4.78 is 40.4. The van der Waals surface area contributed by atoms with Crippen LogP contribution in [0.25, 0.3) is 0 Å². The van der Waals surface area contributed by atoms with Gasteiger partial charge in [-0.1, -0.05) is 41.9 Å². The third kappa shape index (κ3) is 4.58. The van der Waals surface area contributed by atoms with Gasteiger partial charge in [0.1, 0.15) is 0 Å². The van der Waals surface area contributed by atoms with E-state index in [1.807, 2.05) is 30.3 Å². The van der Waals surface area contributed by atoms with Crippen LogP contribution in [0.3, 0.4) is 0 Å². The Bertz CT molecular complexity index is 770. The fraction of sp³-hybridized carbons (Fsp3) is 0.444. The van der Waals surface area contributed by atoms with E-state index in [1.54, 1.807) is 0 Å². The van der Waals surface area contributed by atoms with Crippen molar-refractivity contribution < 1.29 is 18.0 Å². The summed E-state index contributed by atoms with van der Waals surface area (Å²) in [7, 11) is 0. The summed E-state index contributed by atoms with van der Waals surface area (Å²) in [5.74, 6) is -0.0631. The van der Waals surface area contributed by atoms with Gasteiger partial charge in [0.15, 0.2) is 5.69 Å². The number of alkyl halides is 3. The molecule has 0 bridgehead atoms. The van der Waals surface area contributed by atoms with Gasteiger partial charge >= 0.3 is 6.18 Å². The highest BCUT2D eigenvalue weighted by atomic mass is 35.5. The van der Waals surface area contributed by atoms with Gasteiger partial charge in [-0.15, -0.1) is 0 Å². The van der Waals surface area contributed by atoms with Crippen LogP contribution in [0.15, 0.2) is 30.3 Å². The molecule has 1 fully saturated rings. The lowest BCUT2D eigenvalue weighted by Gasteiger charge is -2.08. The zero-order chi connectivity index (χ0) is 18.7. The van der Waals surface area contributed by atoms with E-state index in [-0.39, 0.29) is 29.8 Å². The standard InChI is InChI=1S/C18H19ClF3N3O/c19-15-16(13-7-8-13)25(24-17(15)18(20,21)22)10-4-9-23-14(26)11-12-5-2-1-3-6-12/h1-3,5-6,13H,4,7-11H2,(H,23,26). The molecule has 0 atom stereocenters. The van der Waals surface area contributed by atoms with Gasteiger partial charge in [-0.3, -0.25) is 9.48 Å². The molecule has 4 nitrogen and oxygen atoms in total. The Labute approximate surface area is 154 Å². The van der Waals surface area contributed by atoms with Gasteiger partial charge in [-0.05, 0) is 24.8 Å². The maximum absolute atomic E-state index is 13.0. The van der Waals surface area contributed by atoms with Crippen molar-refractivity contribution in [1.82, 2.24) is 15.1 Å². The molecule has 1 aliphatic carbocycles. The Morgan fingerprint density at radius 3 is 2.58 bits per heavy atom. The van der Waals surface area contributed by atoms with Crippen LogP contribution >= 0.6 is 11.6 Å². The number of nitrogens with one attached hydrogen (secondary N) is 1. The summed E-state index contributed by atoms with van der Waals surface area (Å²) in [6, 6.07) is 9.34. The summed E-state index contributed by atoms with van der Waals surface area (Å²) in [4.78, 5) is 11.9. The average molecular weight is 386 g/mol.